The molecule has 0 atom stereocenters. The number of hydrogen-bond donors (Lipinski definition) is 0. The summed E-state index contributed by atoms with van der Waals surface area (Å²) in [5.74, 6) is 1.24. The molecule has 0 unspecified atom stereocenters. The van der Waals surface area contributed by atoms with Crippen LogP contribution in [0, 0.1) is 6.92 Å². The normalized spacial score (nSPS) is 17.3. The molecule has 0 spiro atoms. The zero-order chi connectivity index (χ0) is 19.1. The Morgan fingerprint density at radius 1 is 1.11 bits per heavy atom. The maximum absolute atomic E-state index is 12.9. The van der Waals surface area contributed by atoms with Gasteiger partial charge in [0.05, 0.1) is 11.9 Å². The van der Waals surface area contributed by atoms with E-state index in [1.807, 2.05) is 17.0 Å². The Morgan fingerprint density at radius 2 is 1.93 bits per heavy atom. The fraction of sp³-hybridized carbons (Fsp3) is 0.381. The minimum atomic E-state index is 0.205. The number of anilines is 2. The highest BCUT2D eigenvalue weighted by Crippen LogP contribution is 2.31. The molecular formula is C21H23N5OS. The number of amides is 1. The van der Waals surface area contributed by atoms with Gasteiger partial charge in [0.15, 0.2) is 0 Å². The first-order chi connectivity index (χ1) is 13.7. The van der Waals surface area contributed by atoms with Crippen molar-refractivity contribution < 1.29 is 4.79 Å². The van der Waals surface area contributed by atoms with Gasteiger partial charge in [-0.3, -0.25) is 9.69 Å². The van der Waals surface area contributed by atoms with Crippen molar-refractivity contribution >= 4 is 39.0 Å². The van der Waals surface area contributed by atoms with Gasteiger partial charge in [-0.2, -0.15) is 0 Å². The standard InChI is InChI=1S/C21H23N5OS/c1-15-13-28-21-19(15)20(22-14-23-21)25-10-8-24(9-11-25)12-18(27)26-7-6-16-4-2-3-5-17(16)26/h2-5,13-14H,6-12H2,1H3. The van der Waals surface area contributed by atoms with Crippen LogP contribution in [-0.2, 0) is 11.2 Å². The minimum absolute atomic E-state index is 0.205. The molecule has 2 aliphatic heterocycles. The van der Waals surface area contributed by atoms with E-state index >= 15 is 0 Å². The van der Waals surface area contributed by atoms with Crippen molar-refractivity contribution in [3.8, 4) is 0 Å². The fourth-order valence-corrected chi connectivity index (χ4v) is 5.11. The predicted molar refractivity (Wildman–Crippen MR) is 113 cm³/mol. The first kappa shape index (κ1) is 17.6. The van der Waals surface area contributed by atoms with Crippen LogP contribution in [-0.4, -0.2) is 60.0 Å². The number of fused-ring (bicyclic) bond motifs is 2. The van der Waals surface area contributed by atoms with Crippen molar-refractivity contribution in [2.75, 3.05) is 49.1 Å². The number of hydrogen-bond acceptors (Lipinski definition) is 6. The summed E-state index contributed by atoms with van der Waals surface area (Å²) in [6.45, 7) is 6.91. The molecule has 0 saturated carbocycles. The average molecular weight is 394 g/mol. The van der Waals surface area contributed by atoms with Crippen LogP contribution < -0.4 is 9.80 Å². The fourth-order valence-electron chi connectivity index (χ4n) is 4.23. The van der Waals surface area contributed by atoms with E-state index in [9.17, 15) is 4.79 Å². The Morgan fingerprint density at radius 3 is 2.79 bits per heavy atom. The number of rotatable bonds is 3. The molecule has 5 rings (SSSR count). The van der Waals surface area contributed by atoms with E-state index < -0.39 is 0 Å². The molecular weight excluding hydrogens is 370 g/mol. The number of nitrogens with zero attached hydrogens (tertiary/aromatic N) is 5. The third-order valence-electron chi connectivity index (χ3n) is 5.75. The van der Waals surface area contributed by atoms with Gasteiger partial charge in [0, 0.05) is 38.4 Å². The van der Waals surface area contributed by atoms with E-state index in [1.165, 1.54) is 16.5 Å². The van der Waals surface area contributed by atoms with Crippen LogP contribution in [0.3, 0.4) is 0 Å². The number of carbonyl (C=O) groups is 1. The van der Waals surface area contributed by atoms with Crippen LogP contribution in [0.1, 0.15) is 11.1 Å². The third-order valence-corrected chi connectivity index (χ3v) is 6.76. The summed E-state index contributed by atoms with van der Waals surface area (Å²) < 4.78 is 0. The van der Waals surface area contributed by atoms with Gasteiger partial charge in [-0.1, -0.05) is 18.2 Å². The number of para-hydroxylation sites is 1. The Balaban J connectivity index is 1.24. The van der Waals surface area contributed by atoms with Gasteiger partial charge in [-0.25, -0.2) is 9.97 Å². The molecule has 144 valence electrons. The molecule has 3 aromatic rings. The lowest BCUT2D eigenvalue weighted by Crippen LogP contribution is -2.50. The summed E-state index contributed by atoms with van der Waals surface area (Å²) in [5, 5.41) is 3.32. The van der Waals surface area contributed by atoms with Gasteiger partial charge in [0.1, 0.15) is 17.0 Å². The molecule has 4 heterocycles. The molecule has 28 heavy (non-hydrogen) atoms. The quantitative estimate of drug-likeness (QED) is 0.685. The molecule has 1 aromatic carbocycles. The zero-order valence-electron chi connectivity index (χ0n) is 16.0. The van der Waals surface area contributed by atoms with Gasteiger partial charge in [-0.05, 0) is 35.9 Å². The lowest BCUT2D eigenvalue weighted by molar-refractivity contribution is -0.119. The first-order valence-electron chi connectivity index (χ1n) is 9.75. The summed E-state index contributed by atoms with van der Waals surface area (Å²) in [5.41, 5.74) is 3.60. The summed E-state index contributed by atoms with van der Waals surface area (Å²) in [7, 11) is 0. The van der Waals surface area contributed by atoms with Gasteiger partial charge in [-0.15, -0.1) is 11.3 Å². The maximum Gasteiger partial charge on any atom is 0.241 e. The number of piperazine rings is 1. The van der Waals surface area contributed by atoms with E-state index in [1.54, 1.807) is 17.7 Å². The smallest absolute Gasteiger partial charge is 0.241 e. The highest BCUT2D eigenvalue weighted by molar-refractivity contribution is 7.17. The van der Waals surface area contributed by atoms with Crippen LogP contribution in [0.4, 0.5) is 11.5 Å². The van der Waals surface area contributed by atoms with Crippen molar-refractivity contribution in [1.82, 2.24) is 14.9 Å². The Labute approximate surface area is 168 Å². The molecule has 0 N–H and O–H groups in total. The minimum Gasteiger partial charge on any atom is -0.353 e. The number of thiophene rings is 1. The van der Waals surface area contributed by atoms with Gasteiger partial charge >= 0.3 is 0 Å². The van der Waals surface area contributed by atoms with Crippen LogP contribution in [0.15, 0.2) is 36.0 Å². The van der Waals surface area contributed by atoms with Crippen molar-refractivity contribution in [2.45, 2.75) is 13.3 Å². The summed E-state index contributed by atoms with van der Waals surface area (Å²) in [6, 6.07) is 8.24. The molecule has 7 heteroatoms. The van der Waals surface area contributed by atoms with Crippen molar-refractivity contribution in [3.63, 3.8) is 0 Å². The van der Waals surface area contributed by atoms with Gasteiger partial charge < -0.3 is 9.80 Å². The van der Waals surface area contributed by atoms with E-state index in [4.69, 9.17) is 0 Å². The molecule has 2 aromatic heterocycles. The second kappa shape index (κ2) is 7.14. The lowest BCUT2D eigenvalue weighted by Gasteiger charge is -2.36. The van der Waals surface area contributed by atoms with Crippen LogP contribution in [0.2, 0.25) is 0 Å². The average Bonchev–Trinajstić information content (AvgIpc) is 3.33. The molecule has 1 amide bonds. The largest absolute Gasteiger partial charge is 0.353 e. The monoisotopic (exact) mass is 393 g/mol. The first-order valence-corrected chi connectivity index (χ1v) is 10.6. The van der Waals surface area contributed by atoms with Crippen molar-refractivity contribution in [3.05, 3.63) is 47.1 Å². The van der Waals surface area contributed by atoms with E-state index in [-0.39, 0.29) is 5.91 Å². The molecule has 0 aliphatic carbocycles. The number of aromatic nitrogens is 2. The summed E-state index contributed by atoms with van der Waals surface area (Å²) in [4.78, 5) is 29.4. The molecule has 0 radical (unpaired) electrons. The van der Waals surface area contributed by atoms with Crippen LogP contribution >= 0.6 is 11.3 Å². The molecule has 0 bridgehead atoms. The van der Waals surface area contributed by atoms with Gasteiger partial charge in [0.2, 0.25) is 5.91 Å². The SMILES string of the molecule is Cc1csc2ncnc(N3CCN(CC(=O)N4CCc5ccccc54)CC3)c12. The maximum atomic E-state index is 12.9. The zero-order valence-corrected chi connectivity index (χ0v) is 16.8. The number of benzene rings is 1. The van der Waals surface area contributed by atoms with Crippen LogP contribution in [0.25, 0.3) is 10.2 Å². The Bertz CT molecular complexity index is 1020. The van der Waals surface area contributed by atoms with E-state index in [2.05, 4.69) is 44.2 Å². The number of aryl methyl sites for hydroxylation is 1. The Kier molecular flexibility index (Phi) is 4.49. The predicted octanol–water partition coefficient (Wildman–Crippen LogP) is 2.71. The van der Waals surface area contributed by atoms with Crippen molar-refractivity contribution in [1.29, 1.82) is 0 Å². The second-order valence-corrected chi connectivity index (χ2v) is 8.34. The highest BCUT2D eigenvalue weighted by Gasteiger charge is 2.27. The number of carbonyl (C=O) groups excluding carboxylic acids is 1. The van der Waals surface area contributed by atoms with E-state index in [0.29, 0.717) is 6.54 Å². The Hall–Kier alpha value is -2.51. The van der Waals surface area contributed by atoms with Crippen molar-refractivity contribution in [2.24, 2.45) is 0 Å². The third kappa shape index (κ3) is 3.04. The molecule has 6 nitrogen and oxygen atoms in total. The lowest BCUT2D eigenvalue weighted by atomic mass is 10.2. The summed E-state index contributed by atoms with van der Waals surface area (Å²) in [6.07, 6.45) is 2.62. The summed E-state index contributed by atoms with van der Waals surface area (Å²) >= 11 is 1.67. The van der Waals surface area contributed by atoms with Crippen LogP contribution in [0.5, 0.6) is 0 Å². The molecule has 1 saturated heterocycles. The molecule has 2 aliphatic rings. The highest BCUT2D eigenvalue weighted by atomic mass is 32.1. The molecule has 1 fully saturated rings. The second-order valence-electron chi connectivity index (χ2n) is 7.48. The topological polar surface area (TPSA) is 52.6 Å². The van der Waals surface area contributed by atoms with Gasteiger partial charge in [0.25, 0.3) is 0 Å². The van der Waals surface area contributed by atoms with E-state index in [0.717, 1.165) is 55.5 Å².